The first-order valence-electron chi connectivity index (χ1n) is 9.09. The summed E-state index contributed by atoms with van der Waals surface area (Å²) in [5.74, 6) is -1.19. The summed E-state index contributed by atoms with van der Waals surface area (Å²) >= 11 is 0. The zero-order valence-electron chi connectivity index (χ0n) is 15.9. The number of rotatable bonds is 5. The highest BCUT2D eigenvalue weighted by molar-refractivity contribution is 5.95. The Bertz CT molecular complexity index is 901. The van der Waals surface area contributed by atoms with E-state index in [-0.39, 0.29) is 29.0 Å². The highest BCUT2D eigenvalue weighted by atomic mass is 16.5. The molecule has 1 aromatic heterocycles. The number of hydrogen-bond acceptors (Lipinski definition) is 6. The first kappa shape index (κ1) is 20.1. The lowest BCUT2D eigenvalue weighted by molar-refractivity contribution is -0.136. The van der Waals surface area contributed by atoms with Gasteiger partial charge in [-0.05, 0) is 30.3 Å². The van der Waals surface area contributed by atoms with Crippen LogP contribution in [0.15, 0.2) is 47.1 Å². The van der Waals surface area contributed by atoms with Gasteiger partial charge < -0.3 is 24.3 Å². The van der Waals surface area contributed by atoms with E-state index < -0.39 is 12.6 Å². The molecule has 2 heterocycles. The summed E-state index contributed by atoms with van der Waals surface area (Å²) in [5, 5.41) is 2.58. The Labute approximate surface area is 167 Å². The number of anilines is 1. The van der Waals surface area contributed by atoms with Crippen molar-refractivity contribution in [2.75, 3.05) is 38.1 Å². The van der Waals surface area contributed by atoms with Crippen LogP contribution in [0.2, 0.25) is 0 Å². The quantitative estimate of drug-likeness (QED) is 0.761. The van der Waals surface area contributed by atoms with Gasteiger partial charge in [0.05, 0.1) is 11.8 Å². The molecule has 9 nitrogen and oxygen atoms in total. The van der Waals surface area contributed by atoms with Crippen molar-refractivity contribution in [3.63, 3.8) is 0 Å². The van der Waals surface area contributed by atoms with E-state index in [1.54, 1.807) is 34.1 Å². The number of nitrogens with zero attached hydrogens (tertiary/aromatic N) is 2. The lowest BCUT2D eigenvalue weighted by Crippen LogP contribution is -2.51. The second-order valence-electron chi connectivity index (χ2n) is 6.49. The Morgan fingerprint density at radius 2 is 1.76 bits per heavy atom. The number of nitrogens with one attached hydrogen (secondary N) is 1. The third-order valence-electron chi connectivity index (χ3n) is 4.40. The van der Waals surface area contributed by atoms with Gasteiger partial charge in [-0.15, -0.1) is 0 Å². The molecule has 0 bridgehead atoms. The summed E-state index contributed by atoms with van der Waals surface area (Å²) in [6.07, 6.45) is 1.44. The highest BCUT2D eigenvalue weighted by Crippen LogP contribution is 2.13. The third-order valence-corrected chi connectivity index (χ3v) is 4.40. The number of benzene rings is 1. The standard InChI is InChI=1S/C20H21N3O6/c1-14(24)21-16-5-2-4-15(12-16)20(27)29-13-18(25)22-7-9-23(10-8-22)19(26)17-6-3-11-28-17/h2-6,11-12H,7-10,13H2,1H3,(H,21,24). The fourth-order valence-corrected chi connectivity index (χ4v) is 2.94. The minimum Gasteiger partial charge on any atom is -0.459 e. The summed E-state index contributed by atoms with van der Waals surface area (Å²) in [4.78, 5) is 51.0. The van der Waals surface area contributed by atoms with Gasteiger partial charge in [-0.1, -0.05) is 6.07 Å². The van der Waals surface area contributed by atoms with Crippen LogP contribution in [0.25, 0.3) is 0 Å². The van der Waals surface area contributed by atoms with Gasteiger partial charge in [-0.25, -0.2) is 4.79 Å². The molecule has 0 aliphatic carbocycles. The van der Waals surface area contributed by atoms with Crippen molar-refractivity contribution in [3.8, 4) is 0 Å². The summed E-state index contributed by atoms with van der Waals surface area (Å²) in [5.41, 5.74) is 0.702. The average Bonchev–Trinajstić information content (AvgIpc) is 3.26. The molecule has 9 heteroatoms. The number of amides is 3. The lowest BCUT2D eigenvalue weighted by atomic mass is 10.2. The summed E-state index contributed by atoms with van der Waals surface area (Å²) in [6, 6.07) is 9.52. The molecule has 1 fully saturated rings. The van der Waals surface area contributed by atoms with Crippen molar-refractivity contribution >= 4 is 29.4 Å². The first-order valence-corrected chi connectivity index (χ1v) is 9.09. The molecule has 1 saturated heterocycles. The van der Waals surface area contributed by atoms with Gasteiger partial charge >= 0.3 is 5.97 Å². The Morgan fingerprint density at radius 3 is 2.41 bits per heavy atom. The maximum absolute atomic E-state index is 12.3. The minimum atomic E-state index is -0.655. The number of carbonyl (C=O) groups excluding carboxylic acids is 4. The largest absolute Gasteiger partial charge is 0.459 e. The van der Waals surface area contributed by atoms with Gasteiger partial charge in [0.1, 0.15) is 0 Å². The minimum absolute atomic E-state index is 0.215. The number of piperazine rings is 1. The van der Waals surface area contributed by atoms with E-state index in [9.17, 15) is 19.2 Å². The van der Waals surface area contributed by atoms with E-state index >= 15 is 0 Å². The summed E-state index contributed by atoms with van der Waals surface area (Å²) in [6.45, 7) is 2.42. The smallest absolute Gasteiger partial charge is 0.338 e. The molecule has 1 N–H and O–H groups in total. The lowest BCUT2D eigenvalue weighted by Gasteiger charge is -2.34. The average molecular weight is 399 g/mol. The van der Waals surface area contributed by atoms with Gasteiger partial charge in [-0.3, -0.25) is 14.4 Å². The SMILES string of the molecule is CC(=O)Nc1cccc(C(=O)OCC(=O)N2CCN(C(=O)c3ccco3)CC2)c1. The van der Waals surface area contributed by atoms with Gasteiger partial charge in [0.2, 0.25) is 5.91 Å². The van der Waals surface area contributed by atoms with E-state index in [0.29, 0.717) is 31.9 Å². The number of carbonyl (C=O) groups is 4. The van der Waals surface area contributed by atoms with Gasteiger partial charge in [0, 0.05) is 38.8 Å². The van der Waals surface area contributed by atoms with Crippen molar-refractivity contribution in [1.29, 1.82) is 0 Å². The number of hydrogen-bond donors (Lipinski definition) is 1. The van der Waals surface area contributed by atoms with Gasteiger partial charge in [0.15, 0.2) is 12.4 Å². The summed E-state index contributed by atoms with van der Waals surface area (Å²) in [7, 11) is 0. The van der Waals surface area contributed by atoms with Crippen LogP contribution in [0.4, 0.5) is 5.69 Å². The highest BCUT2D eigenvalue weighted by Gasteiger charge is 2.26. The van der Waals surface area contributed by atoms with Crippen LogP contribution in [0, 0.1) is 0 Å². The maximum atomic E-state index is 12.3. The fraction of sp³-hybridized carbons (Fsp3) is 0.300. The molecule has 2 aromatic rings. The van der Waals surface area contributed by atoms with Crippen LogP contribution >= 0.6 is 0 Å². The normalized spacial score (nSPS) is 13.7. The molecule has 1 aromatic carbocycles. The molecule has 29 heavy (non-hydrogen) atoms. The molecule has 0 unspecified atom stereocenters. The van der Waals surface area contributed by atoms with Crippen LogP contribution < -0.4 is 5.32 Å². The monoisotopic (exact) mass is 399 g/mol. The zero-order valence-corrected chi connectivity index (χ0v) is 15.9. The topological polar surface area (TPSA) is 109 Å². The molecule has 0 saturated carbocycles. The second kappa shape index (κ2) is 9.05. The van der Waals surface area contributed by atoms with Crippen LogP contribution in [0.1, 0.15) is 27.8 Å². The molecule has 152 valence electrons. The predicted molar refractivity (Wildman–Crippen MR) is 102 cm³/mol. The Balaban J connectivity index is 1.47. The number of furan rings is 1. The summed E-state index contributed by atoms with van der Waals surface area (Å²) < 4.78 is 10.2. The molecule has 1 aliphatic rings. The molecular formula is C20H21N3O6. The molecular weight excluding hydrogens is 378 g/mol. The van der Waals surface area contributed by atoms with Gasteiger partial charge in [-0.2, -0.15) is 0 Å². The molecule has 1 aliphatic heterocycles. The van der Waals surface area contributed by atoms with Gasteiger partial charge in [0.25, 0.3) is 11.8 Å². The molecule has 3 amide bonds. The molecule has 0 radical (unpaired) electrons. The van der Waals surface area contributed by atoms with E-state index in [4.69, 9.17) is 9.15 Å². The van der Waals surface area contributed by atoms with Crippen molar-refractivity contribution in [2.45, 2.75) is 6.92 Å². The Morgan fingerprint density at radius 1 is 1.03 bits per heavy atom. The van der Waals surface area contributed by atoms with Crippen LogP contribution in [0.3, 0.4) is 0 Å². The van der Waals surface area contributed by atoms with Crippen LogP contribution in [0.5, 0.6) is 0 Å². The van der Waals surface area contributed by atoms with Crippen molar-refractivity contribution in [2.24, 2.45) is 0 Å². The Kier molecular flexibility index (Phi) is 6.28. The van der Waals surface area contributed by atoms with E-state index in [2.05, 4.69) is 5.32 Å². The first-order chi connectivity index (χ1) is 13.9. The number of ether oxygens (including phenoxy) is 1. The van der Waals surface area contributed by atoms with Crippen molar-refractivity contribution in [1.82, 2.24) is 9.80 Å². The third kappa shape index (κ3) is 5.22. The predicted octanol–water partition coefficient (Wildman–Crippen LogP) is 1.38. The van der Waals surface area contributed by atoms with E-state index in [1.807, 2.05) is 0 Å². The van der Waals surface area contributed by atoms with Crippen molar-refractivity contribution in [3.05, 3.63) is 54.0 Å². The zero-order chi connectivity index (χ0) is 20.8. The van der Waals surface area contributed by atoms with E-state index in [0.717, 1.165) is 0 Å². The second-order valence-corrected chi connectivity index (χ2v) is 6.49. The van der Waals surface area contributed by atoms with E-state index in [1.165, 1.54) is 25.3 Å². The molecule has 3 rings (SSSR count). The molecule has 0 spiro atoms. The number of esters is 1. The van der Waals surface area contributed by atoms with Crippen molar-refractivity contribution < 1.29 is 28.3 Å². The van der Waals surface area contributed by atoms with Crippen LogP contribution in [-0.4, -0.2) is 66.3 Å². The maximum Gasteiger partial charge on any atom is 0.338 e. The van der Waals surface area contributed by atoms with Crippen LogP contribution in [-0.2, 0) is 14.3 Å². The Hall–Kier alpha value is -3.62. The fourth-order valence-electron chi connectivity index (χ4n) is 2.94. The molecule has 0 atom stereocenters.